The normalized spacial score (nSPS) is 10.9. The highest BCUT2D eigenvalue weighted by atomic mass is 16.8. The number of benzene rings is 4. The summed E-state index contributed by atoms with van der Waals surface area (Å²) in [4.78, 5) is 25.9. The van der Waals surface area contributed by atoms with Crippen molar-refractivity contribution in [2.45, 2.75) is 90.9 Å². The summed E-state index contributed by atoms with van der Waals surface area (Å²) in [5.41, 5.74) is 2.33. The molecule has 0 radical (unpaired) electrons. The van der Waals surface area contributed by atoms with Gasteiger partial charge >= 0.3 is 11.9 Å². The summed E-state index contributed by atoms with van der Waals surface area (Å²) < 4.78 is 27.7. The fraction of sp³-hybridized carbons (Fsp3) is 0.364. The molecule has 0 aliphatic heterocycles. The molecule has 5 rings (SSSR count). The van der Waals surface area contributed by atoms with Crippen molar-refractivity contribution >= 4 is 11.9 Å². The summed E-state index contributed by atoms with van der Waals surface area (Å²) >= 11 is 0. The number of carbonyl (C=O) groups excluding carboxylic acids is 2. The number of aromatic nitrogens is 2. The number of nitrogens with zero attached hydrogens (tertiary/aromatic N) is 2. The van der Waals surface area contributed by atoms with Crippen molar-refractivity contribution in [3.63, 3.8) is 0 Å². The Morgan fingerprint density at radius 3 is 1.37 bits per heavy atom. The smallest absolute Gasteiger partial charge is 0.343 e. The van der Waals surface area contributed by atoms with Gasteiger partial charge in [0, 0.05) is 16.3 Å². The molecule has 0 N–H and O–H groups in total. The van der Waals surface area contributed by atoms with E-state index in [0.29, 0.717) is 69.1 Å². The average Bonchev–Trinajstić information content (AvgIpc) is 3.59. The van der Waals surface area contributed by atoms with Gasteiger partial charge in [-0.15, -0.1) is 0 Å². The molecule has 0 unspecified atom stereocenters. The first-order valence-electron chi connectivity index (χ1n) is 19.2. The monoisotopic (exact) mass is 734 g/mol. The topological polar surface area (TPSA) is 124 Å². The van der Waals surface area contributed by atoms with Crippen molar-refractivity contribution in [1.29, 1.82) is 0 Å². The van der Waals surface area contributed by atoms with Crippen molar-refractivity contribution < 1.29 is 38.1 Å². The van der Waals surface area contributed by atoms with E-state index < -0.39 is 11.9 Å². The minimum Gasteiger partial charge on any atom is -0.494 e. The second-order valence-corrected chi connectivity index (χ2v) is 13.2. The van der Waals surface area contributed by atoms with Crippen molar-refractivity contribution in [2.24, 2.45) is 0 Å². The molecular weight excluding hydrogens is 684 g/mol. The van der Waals surface area contributed by atoms with Gasteiger partial charge in [0.25, 0.3) is 5.69 Å². The van der Waals surface area contributed by atoms with Crippen LogP contribution in [0.1, 0.15) is 112 Å². The molecule has 0 spiro atoms. The lowest BCUT2D eigenvalue weighted by molar-refractivity contribution is -0.793. The van der Waals surface area contributed by atoms with Gasteiger partial charge in [-0.2, -0.15) is 0 Å². The van der Waals surface area contributed by atoms with Crippen LogP contribution in [0.5, 0.6) is 23.0 Å². The van der Waals surface area contributed by atoms with Gasteiger partial charge in [0.1, 0.15) is 23.0 Å². The largest absolute Gasteiger partial charge is 0.494 e. The molecule has 1 heterocycles. The van der Waals surface area contributed by atoms with Gasteiger partial charge in [0.2, 0.25) is 5.69 Å². The van der Waals surface area contributed by atoms with Gasteiger partial charge in [0.05, 0.1) is 24.3 Å². The first kappa shape index (κ1) is 39.6. The van der Waals surface area contributed by atoms with E-state index >= 15 is 0 Å². The Labute approximate surface area is 317 Å². The Morgan fingerprint density at radius 1 is 0.537 bits per heavy atom. The lowest BCUT2D eigenvalue weighted by Crippen LogP contribution is -2.25. The second-order valence-electron chi connectivity index (χ2n) is 13.2. The Bertz CT molecular complexity index is 1870. The lowest BCUT2D eigenvalue weighted by atomic mass is 10.0. The lowest BCUT2D eigenvalue weighted by Gasteiger charge is -2.08. The Hall–Kier alpha value is -5.64. The van der Waals surface area contributed by atoms with E-state index in [2.05, 4.69) is 19.0 Å². The van der Waals surface area contributed by atoms with Crippen molar-refractivity contribution in [3.8, 4) is 45.5 Å². The van der Waals surface area contributed by atoms with Gasteiger partial charge in [-0.1, -0.05) is 78.1 Å². The zero-order valence-corrected chi connectivity index (χ0v) is 31.3. The fourth-order valence-corrected chi connectivity index (χ4v) is 5.89. The van der Waals surface area contributed by atoms with Crippen LogP contribution in [0.15, 0.2) is 102 Å². The summed E-state index contributed by atoms with van der Waals surface area (Å²) in [6.07, 6.45) is 14.3. The Kier molecular flexibility index (Phi) is 15.5. The molecule has 0 atom stereocenters. The quantitative estimate of drug-likeness (QED) is 0.0296. The second kappa shape index (κ2) is 21.2. The van der Waals surface area contributed by atoms with E-state index in [4.69, 9.17) is 23.6 Å². The van der Waals surface area contributed by atoms with Crippen LogP contribution < -0.4 is 23.9 Å². The maximum Gasteiger partial charge on any atom is 0.343 e. The Morgan fingerprint density at radius 2 is 0.926 bits per heavy atom. The van der Waals surface area contributed by atoms with Crippen molar-refractivity contribution in [3.05, 3.63) is 113 Å². The van der Waals surface area contributed by atoms with Crippen LogP contribution in [0.25, 0.3) is 22.5 Å². The highest BCUT2D eigenvalue weighted by Gasteiger charge is 2.23. The zero-order valence-electron chi connectivity index (χ0n) is 31.3. The molecule has 4 aromatic carbocycles. The predicted molar refractivity (Wildman–Crippen MR) is 207 cm³/mol. The number of unbranched alkanes of at least 4 members (excludes halogenated alkanes) is 10. The summed E-state index contributed by atoms with van der Waals surface area (Å²) in [7, 11) is 0. The summed E-state index contributed by atoms with van der Waals surface area (Å²) in [6, 6.07) is 26.9. The van der Waals surface area contributed by atoms with E-state index in [1.807, 2.05) is 0 Å². The van der Waals surface area contributed by atoms with Crippen LogP contribution in [-0.2, 0) is 0 Å². The van der Waals surface area contributed by atoms with Crippen LogP contribution in [0.4, 0.5) is 0 Å². The number of hydrogen-bond acceptors (Lipinski definition) is 9. The molecular formula is C44H50N2O8. The SMILES string of the molecule is CCCCCCCCOc1ccc(C(=O)Oc2ccc(-c3no[n+]([O-])c3-c3ccc(OC(=O)c4ccc(OCCCCCCCC)cc4)cc3)cc2)cc1. The van der Waals surface area contributed by atoms with Crippen LogP contribution in [-0.4, -0.2) is 30.3 Å². The summed E-state index contributed by atoms with van der Waals surface area (Å²) in [6.45, 7) is 5.71. The molecule has 5 aromatic rings. The Balaban J connectivity index is 1.11. The molecule has 1 aromatic heterocycles. The number of ether oxygens (including phenoxy) is 4. The van der Waals surface area contributed by atoms with Crippen LogP contribution in [0.2, 0.25) is 0 Å². The fourth-order valence-electron chi connectivity index (χ4n) is 5.89. The number of esters is 2. The summed E-state index contributed by atoms with van der Waals surface area (Å²) in [5, 5.41) is 16.6. The number of rotatable bonds is 22. The molecule has 0 amide bonds. The molecule has 284 valence electrons. The third kappa shape index (κ3) is 11.9. The van der Waals surface area contributed by atoms with Gasteiger partial charge in [-0.3, -0.25) is 4.63 Å². The van der Waals surface area contributed by atoms with Gasteiger partial charge in [-0.05, 0) is 115 Å². The first-order valence-corrected chi connectivity index (χ1v) is 19.2. The summed E-state index contributed by atoms with van der Waals surface area (Å²) in [5.74, 6) is 1.04. The van der Waals surface area contributed by atoms with Crippen LogP contribution in [0.3, 0.4) is 0 Å². The van der Waals surface area contributed by atoms with Gasteiger partial charge in [-0.25, -0.2) is 9.59 Å². The van der Waals surface area contributed by atoms with E-state index in [1.165, 1.54) is 51.4 Å². The van der Waals surface area contributed by atoms with Crippen LogP contribution >= 0.6 is 0 Å². The van der Waals surface area contributed by atoms with E-state index in [9.17, 15) is 14.8 Å². The molecule has 0 aliphatic rings. The molecule has 10 heteroatoms. The van der Waals surface area contributed by atoms with E-state index in [0.717, 1.165) is 25.7 Å². The van der Waals surface area contributed by atoms with E-state index in [-0.39, 0.29) is 5.69 Å². The third-order valence-corrected chi connectivity index (χ3v) is 9.00. The highest BCUT2D eigenvalue weighted by Crippen LogP contribution is 2.31. The minimum absolute atomic E-state index is 0.174. The maximum absolute atomic E-state index is 12.8. The molecule has 54 heavy (non-hydrogen) atoms. The predicted octanol–water partition coefficient (Wildman–Crippen LogP) is 10.6. The standard InChI is InChI=1S/C44H50N2O8/c1-3-5-7-9-11-13-31-50-37-23-19-35(20-24-37)43(47)52-39-27-15-33(16-28-39)41-42(46(49)54-45-41)34-17-29-40(30-18-34)53-44(48)36-21-25-38(26-22-36)51-32-14-12-10-8-6-4-2/h15-30H,3-14,31-32H2,1-2H3. The van der Waals surface area contributed by atoms with Gasteiger partial charge < -0.3 is 24.2 Å². The minimum atomic E-state index is -0.514. The van der Waals surface area contributed by atoms with Crippen molar-refractivity contribution in [1.82, 2.24) is 5.16 Å². The molecule has 0 aliphatic carbocycles. The zero-order chi connectivity index (χ0) is 38.0. The number of hydrogen-bond donors (Lipinski definition) is 0. The maximum atomic E-state index is 12.8. The number of carbonyl (C=O) groups is 2. The molecule has 0 saturated carbocycles. The van der Waals surface area contributed by atoms with Gasteiger partial charge in [0.15, 0.2) is 0 Å². The highest BCUT2D eigenvalue weighted by molar-refractivity contribution is 5.92. The molecule has 0 bridgehead atoms. The first-order chi connectivity index (χ1) is 26.4. The van der Waals surface area contributed by atoms with Crippen molar-refractivity contribution in [2.75, 3.05) is 13.2 Å². The molecule has 0 saturated heterocycles. The molecule has 10 nitrogen and oxygen atoms in total. The average molecular weight is 735 g/mol. The molecule has 0 fully saturated rings. The third-order valence-electron chi connectivity index (χ3n) is 9.00. The van der Waals surface area contributed by atoms with E-state index in [1.54, 1.807) is 97.1 Å². The van der Waals surface area contributed by atoms with Crippen LogP contribution in [0, 0.1) is 5.21 Å².